The summed E-state index contributed by atoms with van der Waals surface area (Å²) in [7, 11) is 0. The lowest BCUT2D eigenvalue weighted by Gasteiger charge is -2.07. The number of anilines is 1. The molecule has 0 bridgehead atoms. The number of hydrogen-bond donors (Lipinski definition) is 1. The van der Waals surface area contributed by atoms with Crippen molar-refractivity contribution in [3.8, 4) is 5.75 Å². The van der Waals surface area contributed by atoms with E-state index >= 15 is 0 Å². The Morgan fingerprint density at radius 1 is 1.19 bits per heavy atom. The van der Waals surface area contributed by atoms with Gasteiger partial charge in [-0.1, -0.05) is 29.3 Å². The smallest absolute Gasteiger partial charge is 0.292 e. The molecule has 0 saturated carbocycles. The van der Waals surface area contributed by atoms with Crippen LogP contribution < -0.4 is 10.1 Å². The number of hydrogen-bond acceptors (Lipinski definition) is 4. The standard InChI is InChI=1S/C23H18Cl2FN3O3/c1-14-11-15(24)5-7-20(14)31-13-16-6-8-21(32-16)23(30)27-22-9-10-29(28-22)12-17-18(25)3-2-4-19(17)26/h2-11H,12-13H2,1H3,(H,27,28,30). The first-order valence-corrected chi connectivity index (χ1v) is 10.4. The Morgan fingerprint density at radius 2 is 2.03 bits per heavy atom. The molecule has 9 heteroatoms. The number of amides is 1. The molecule has 0 fully saturated rings. The van der Waals surface area contributed by atoms with Crippen molar-refractivity contribution in [1.29, 1.82) is 0 Å². The molecule has 0 aliphatic heterocycles. The van der Waals surface area contributed by atoms with Crippen molar-refractivity contribution in [2.24, 2.45) is 0 Å². The summed E-state index contributed by atoms with van der Waals surface area (Å²) in [4.78, 5) is 12.5. The van der Waals surface area contributed by atoms with Gasteiger partial charge in [0.1, 0.15) is 23.9 Å². The van der Waals surface area contributed by atoms with Gasteiger partial charge < -0.3 is 14.5 Å². The number of aromatic nitrogens is 2. The van der Waals surface area contributed by atoms with E-state index in [9.17, 15) is 9.18 Å². The van der Waals surface area contributed by atoms with Crippen LogP contribution in [0.15, 0.2) is 65.2 Å². The van der Waals surface area contributed by atoms with Crippen molar-refractivity contribution in [2.45, 2.75) is 20.1 Å². The van der Waals surface area contributed by atoms with E-state index in [2.05, 4.69) is 10.4 Å². The highest BCUT2D eigenvalue weighted by molar-refractivity contribution is 6.31. The lowest BCUT2D eigenvalue weighted by atomic mass is 10.2. The van der Waals surface area contributed by atoms with Gasteiger partial charge in [0.05, 0.1) is 6.54 Å². The Morgan fingerprint density at radius 3 is 2.81 bits per heavy atom. The lowest BCUT2D eigenvalue weighted by molar-refractivity contribution is 0.0992. The number of nitrogens with one attached hydrogen (secondary N) is 1. The van der Waals surface area contributed by atoms with Gasteiger partial charge in [-0.2, -0.15) is 5.10 Å². The molecule has 1 amide bonds. The van der Waals surface area contributed by atoms with E-state index in [-0.39, 0.29) is 18.9 Å². The van der Waals surface area contributed by atoms with E-state index < -0.39 is 11.7 Å². The highest BCUT2D eigenvalue weighted by Gasteiger charge is 2.14. The highest BCUT2D eigenvalue weighted by Crippen LogP contribution is 2.23. The largest absolute Gasteiger partial charge is 0.485 e. The van der Waals surface area contributed by atoms with Crippen LogP contribution in [0.3, 0.4) is 0 Å². The van der Waals surface area contributed by atoms with Gasteiger partial charge in [0, 0.05) is 27.9 Å². The number of furan rings is 1. The van der Waals surface area contributed by atoms with Gasteiger partial charge in [-0.25, -0.2) is 4.39 Å². The number of carbonyl (C=O) groups is 1. The molecular formula is C23H18Cl2FN3O3. The molecule has 6 nitrogen and oxygen atoms in total. The summed E-state index contributed by atoms with van der Waals surface area (Å²) in [6.45, 7) is 2.18. The third kappa shape index (κ3) is 5.12. The molecule has 0 atom stereocenters. The van der Waals surface area contributed by atoms with Crippen LogP contribution in [0, 0.1) is 12.7 Å². The Hall–Kier alpha value is -3.29. The molecule has 164 valence electrons. The first kappa shape index (κ1) is 21.9. The minimum absolute atomic E-state index is 0.114. The maximum Gasteiger partial charge on any atom is 0.292 e. The van der Waals surface area contributed by atoms with Crippen molar-refractivity contribution in [3.63, 3.8) is 0 Å². The van der Waals surface area contributed by atoms with Crippen LogP contribution in [0.1, 0.15) is 27.4 Å². The van der Waals surface area contributed by atoms with E-state index in [4.69, 9.17) is 32.4 Å². The average molecular weight is 474 g/mol. The second-order valence-corrected chi connectivity index (χ2v) is 7.86. The van der Waals surface area contributed by atoms with E-state index in [1.54, 1.807) is 48.7 Å². The number of ether oxygens (including phenoxy) is 1. The Balaban J connectivity index is 1.36. The maximum atomic E-state index is 14.0. The topological polar surface area (TPSA) is 69.3 Å². The third-order valence-corrected chi connectivity index (χ3v) is 5.25. The Labute approximate surface area is 193 Å². The van der Waals surface area contributed by atoms with Crippen LogP contribution in [0.5, 0.6) is 5.75 Å². The highest BCUT2D eigenvalue weighted by atomic mass is 35.5. The number of nitrogens with zero attached hydrogens (tertiary/aromatic N) is 2. The average Bonchev–Trinajstić information content (AvgIpc) is 3.40. The number of aryl methyl sites for hydroxylation is 1. The fourth-order valence-electron chi connectivity index (χ4n) is 3.04. The van der Waals surface area contributed by atoms with Crippen molar-refractivity contribution in [3.05, 3.63) is 99.3 Å². The molecule has 0 aliphatic carbocycles. The van der Waals surface area contributed by atoms with Crippen LogP contribution in [0.2, 0.25) is 10.0 Å². The van der Waals surface area contributed by atoms with Gasteiger partial charge in [0.15, 0.2) is 11.6 Å². The van der Waals surface area contributed by atoms with Crippen molar-refractivity contribution < 1.29 is 18.3 Å². The fourth-order valence-corrected chi connectivity index (χ4v) is 3.49. The number of carbonyl (C=O) groups excluding carboxylic acids is 1. The number of halogens is 3. The maximum absolute atomic E-state index is 14.0. The van der Waals surface area contributed by atoms with Crippen LogP contribution in [-0.2, 0) is 13.2 Å². The summed E-state index contributed by atoms with van der Waals surface area (Å²) in [5.41, 5.74) is 1.22. The van der Waals surface area contributed by atoms with Crippen LogP contribution in [0.25, 0.3) is 0 Å². The molecule has 0 aliphatic rings. The third-order valence-electron chi connectivity index (χ3n) is 4.66. The van der Waals surface area contributed by atoms with Crippen molar-refractivity contribution in [2.75, 3.05) is 5.32 Å². The van der Waals surface area contributed by atoms with Gasteiger partial charge in [0.25, 0.3) is 5.91 Å². The van der Waals surface area contributed by atoms with Gasteiger partial charge in [-0.15, -0.1) is 0 Å². The Kier molecular flexibility index (Phi) is 6.48. The summed E-state index contributed by atoms with van der Waals surface area (Å²) >= 11 is 12.0. The minimum Gasteiger partial charge on any atom is -0.485 e. The lowest BCUT2D eigenvalue weighted by Crippen LogP contribution is -2.12. The molecule has 1 N–H and O–H groups in total. The zero-order valence-corrected chi connectivity index (χ0v) is 18.5. The van der Waals surface area contributed by atoms with Crippen molar-refractivity contribution >= 4 is 34.9 Å². The summed E-state index contributed by atoms with van der Waals surface area (Å²) in [5.74, 6) is 0.698. The van der Waals surface area contributed by atoms with Gasteiger partial charge in [-0.05, 0) is 55.0 Å². The molecule has 0 unspecified atom stereocenters. The summed E-state index contributed by atoms with van der Waals surface area (Å²) < 4.78 is 26.7. The molecule has 32 heavy (non-hydrogen) atoms. The fraction of sp³-hybridized carbons (Fsp3) is 0.130. The SMILES string of the molecule is Cc1cc(Cl)ccc1OCc1ccc(C(=O)Nc2ccn(Cc3c(F)cccc3Cl)n2)o1. The van der Waals surface area contributed by atoms with Crippen LogP contribution in [-0.4, -0.2) is 15.7 Å². The van der Waals surface area contributed by atoms with Gasteiger partial charge in [-0.3, -0.25) is 9.48 Å². The predicted octanol–water partition coefficient (Wildman–Crippen LogP) is 6.11. The molecule has 4 aromatic rings. The molecule has 4 rings (SSSR count). The first-order chi connectivity index (χ1) is 15.4. The van der Waals surface area contributed by atoms with Gasteiger partial charge >= 0.3 is 0 Å². The van der Waals surface area contributed by atoms with Gasteiger partial charge in [0.2, 0.25) is 0 Å². The minimum atomic E-state index is -0.465. The van der Waals surface area contributed by atoms with E-state index in [0.717, 1.165) is 5.56 Å². The zero-order chi connectivity index (χ0) is 22.7. The number of benzene rings is 2. The molecule has 2 aromatic carbocycles. The predicted molar refractivity (Wildman–Crippen MR) is 120 cm³/mol. The van der Waals surface area contributed by atoms with E-state index in [1.807, 2.05) is 6.92 Å². The monoisotopic (exact) mass is 473 g/mol. The molecule has 0 saturated heterocycles. The molecule has 0 spiro atoms. The first-order valence-electron chi connectivity index (χ1n) is 9.64. The van der Waals surface area contributed by atoms with E-state index in [0.29, 0.717) is 32.9 Å². The van der Waals surface area contributed by atoms with Crippen molar-refractivity contribution in [1.82, 2.24) is 9.78 Å². The molecule has 2 aromatic heterocycles. The second-order valence-electron chi connectivity index (χ2n) is 7.02. The quantitative estimate of drug-likeness (QED) is 0.351. The molecular weight excluding hydrogens is 456 g/mol. The van der Waals surface area contributed by atoms with Crippen LogP contribution in [0.4, 0.5) is 10.2 Å². The Bertz CT molecular complexity index is 1250. The summed E-state index contributed by atoms with van der Waals surface area (Å²) in [6, 6.07) is 14.6. The second kappa shape index (κ2) is 9.46. The number of rotatable bonds is 7. The molecule has 2 heterocycles. The molecule has 0 radical (unpaired) electrons. The van der Waals surface area contributed by atoms with E-state index in [1.165, 1.54) is 16.8 Å². The summed E-state index contributed by atoms with van der Waals surface area (Å²) in [5, 5.41) is 7.83. The van der Waals surface area contributed by atoms with Crippen LogP contribution >= 0.6 is 23.2 Å². The summed E-state index contributed by atoms with van der Waals surface area (Å²) in [6.07, 6.45) is 1.62. The normalized spacial score (nSPS) is 10.9. The zero-order valence-electron chi connectivity index (χ0n) is 16.9.